The molecule has 0 N–H and O–H groups in total. The van der Waals surface area contributed by atoms with Gasteiger partial charge in [-0.2, -0.15) is 0 Å². The van der Waals surface area contributed by atoms with Gasteiger partial charge in [0.15, 0.2) is 0 Å². The van der Waals surface area contributed by atoms with E-state index >= 15 is 0 Å². The average Bonchev–Trinajstić information content (AvgIpc) is 2.64. The van der Waals surface area contributed by atoms with Crippen LogP contribution < -0.4 is 4.90 Å². The van der Waals surface area contributed by atoms with Gasteiger partial charge in [0.05, 0.1) is 6.04 Å². The molecule has 2 aliphatic heterocycles. The van der Waals surface area contributed by atoms with Gasteiger partial charge in [0.1, 0.15) is 0 Å². The molecule has 25 heavy (non-hydrogen) atoms. The van der Waals surface area contributed by atoms with Crippen LogP contribution in [-0.4, -0.2) is 61.0 Å². The number of piperidine rings is 1. The Morgan fingerprint density at radius 1 is 1.04 bits per heavy atom. The van der Waals surface area contributed by atoms with Crippen molar-refractivity contribution in [3.8, 4) is 0 Å². The summed E-state index contributed by atoms with van der Waals surface area (Å²) in [6, 6.07) is 6.55. The van der Waals surface area contributed by atoms with Gasteiger partial charge in [-0.3, -0.25) is 9.69 Å². The Labute approximate surface area is 152 Å². The molecule has 1 aromatic carbocycles. The number of amides is 1. The van der Waals surface area contributed by atoms with E-state index in [9.17, 15) is 4.79 Å². The summed E-state index contributed by atoms with van der Waals surface area (Å²) < 4.78 is 0. The summed E-state index contributed by atoms with van der Waals surface area (Å²) in [6.07, 6.45) is 2.30. The Hall–Kier alpha value is -1.55. The van der Waals surface area contributed by atoms with Gasteiger partial charge in [-0.1, -0.05) is 19.1 Å². The van der Waals surface area contributed by atoms with E-state index in [-0.39, 0.29) is 6.04 Å². The van der Waals surface area contributed by atoms with E-state index in [1.165, 1.54) is 16.8 Å². The first-order valence-electron chi connectivity index (χ1n) is 9.81. The van der Waals surface area contributed by atoms with Crippen LogP contribution in [0.4, 0.5) is 5.69 Å². The number of benzene rings is 1. The van der Waals surface area contributed by atoms with Crippen LogP contribution in [-0.2, 0) is 4.79 Å². The number of nitrogens with zero attached hydrogens (tertiary/aromatic N) is 3. The van der Waals surface area contributed by atoms with E-state index in [0.29, 0.717) is 5.91 Å². The van der Waals surface area contributed by atoms with Gasteiger partial charge in [-0.05, 0) is 56.7 Å². The third-order valence-corrected chi connectivity index (χ3v) is 6.23. The van der Waals surface area contributed by atoms with Crippen molar-refractivity contribution >= 4 is 11.6 Å². The molecule has 0 aromatic heterocycles. The molecule has 1 aromatic rings. The summed E-state index contributed by atoms with van der Waals surface area (Å²) in [6.45, 7) is 14.6. The van der Waals surface area contributed by atoms with Gasteiger partial charge < -0.3 is 9.80 Å². The molecule has 1 amide bonds. The highest BCUT2D eigenvalue weighted by molar-refractivity contribution is 5.81. The average molecular weight is 344 g/mol. The first-order valence-corrected chi connectivity index (χ1v) is 9.81. The van der Waals surface area contributed by atoms with E-state index in [1.54, 1.807) is 0 Å². The fourth-order valence-electron chi connectivity index (χ4n) is 4.08. The number of rotatable bonds is 3. The number of likely N-dealkylation sites (tertiary alicyclic amines) is 1. The summed E-state index contributed by atoms with van der Waals surface area (Å²) in [7, 11) is 0. The normalized spacial score (nSPS) is 21.4. The molecule has 4 nitrogen and oxygen atoms in total. The van der Waals surface area contributed by atoms with Crippen LogP contribution in [0.2, 0.25) is 0 Å². The highest BCUT2D eigenvalue weighted by Crippen LogP contribution is 2.25. The van der Waals surface area contributed by atoms with Gasteiger partial charge >= 0.3 is 0 Å². The lowest BCUT2D eigenvalue weighted by Crippen LogP contribution is -2.55. The largest absolute Gasteiger partial charge is 0.369 e. The molecule has 1 unspecified atom stereocenters. The second-order valence-electron chi connectivity index (χ2n) is 7.93. The van der Waals surface area contributed by atoms with Crippen LogP contribution in [0, 0.1) is 19.8 Å². The van der Waals surface area contributed by atoms with Crippen molar-refractivity contribution in [2.24, 2.45) is 5.92 Å². The van der Waals surface area contributed by atoms with Gasteiger partial charge in [0.25, 0.3) is 0 Å². The minimum absolute atomic E-state index is 0.00848. The van der Waals surface area contributed by atoms with Gasteiger partial charge in [0, 0.05) is 45.0 Å². The highest BCUT2D eigenvalue weighted by Gasteiger charge is 2.30. The minimum atomic E-state index is 0.00848. The van der Waals surface area contributed by atoms with Gasteiger partial charge in [0.2, 0.25) is 5.91 Å². The lowest BCUT2D eigenvalue weighted by molar-refractivity contribution is -0.137. The molecule has 0 aliphatic carbocycles. The van der Waals surface area contributed by atoms with Gasteiger partial charge in [-0.25, -0.2) is 0 Å². The second-order valence-corrected chi connectivity index (χ2v) is 7.93. The molecule has 0 saturated carbocycles. The summed E-state index contributed by atoms with van der Waals surface area (Å²) in [5.74, 6) is 1.09. The molecule has 138 valence electrons. The zero-order chi connectivity index (χ0) is 18.0. The molecule has 3 rings (SSSR count). The van der Waals surface area contributed by atoms with Crippen LogP contribution in [0.1, 0.15) is 37.8 Å². The first kappa shape index (κ1) is 18.2. The Kier molecular flexibility index (Phi) is 5.67. The zero-order valence-corrected chi connectivity index (χ0v) is 16.3. The van der Waals surface area contributed by atoms with E-state index in [0.717, 1.165) is 58.0 Å². The third-order valence-electron chi connectivity index (χ3n) is 6.23. The zero-order valence-electron chi connectivity index (χ0n) is 16.3. The SMILES string of the molecule is Cc1cccc(N2CCN(C(C)C(=O)N3CCC(C)CC3)CC2)c1C. The lowest BCUT2D eigenvalue weighted by Gasteiger charge is -2.41. The lowest BCUT2D eigenvalue weighted by atomic mass is 9.98. The number of piperazine rings is 1. The second kappa shape index (κ2) is 7.77. The van der Waals surface area contributed by atoms with E-state index < -0.39 is 0 Å². The highest BCUT2D eigenvalue weighted by atomic mass is 16.2. The predicted molar refractivity (Wildman–Crippen MR) is 104 cm³/mol. The molecule has 0 spiro atoms. The van der Waals surface area contributed by atoms with Crippen LogP contribution in [0.15, 0.2) is 18.2 Å². The summed E-state index contributed by atoms with van der Waals surface area (Å²) in [5, 5.41) is 0. The standard InChI is InChI=1S/C21H33N3O/c1-16-8-10-24(11-9-16)21(25)19(4)22-12-14-23(15-13-22)20-7-5-6-17(2)18(20)3/h5-7,16,19H,8-15H2,1-4H3. The van der Waals surface area contributed by atoms with Crippen molar-refractivity contribution in [3.05, 3.63) is 29.3 Å². The summed E-state index contributed by atoms with van der Waals surface area (Å²) in [4.78, 5) is 19.7. The quantitative estimate of drug-likeness (QED) is 0.844. The Bertz CT molecular complexity index is 599. The summed E-state index contributed by atoms with van der Waals surface area (Å²) >= 11 is 0. The van der Waals surface area contributed by atoms with E-state index in [2.05, 4.69) is 60.6 Å². The van der Waals surface area contributed by atoms with Crippen molar-refractivity contribution in [3.63, 3.8) is 0 Å². The van der Waals surface area contributed by atoms with Crippen molar-refractivity contribution in [1.29, 1.82) is 0 Å². The van der Waals surface area contributed by atoms with Crippen LogP contribution in [0.3, 0.4) is 0 Å². The van der Waals surface area contributed by atoms with Crippen molar-refractivity contribution in [1.82, 2.24) is 9.80 Å². The molecule has 0 radical (unpaired) electrons. The molecule has 2 heterocycles. The molecular formula is C21H33N3O. The van der Waals surface area contributed by atoms with Crippen LogP contribution >= 0.6 is 0 Å². The number of carbonyl (C=O) groups excluding carboxylic acids is 1. The van der Waals surface area contributed by atoms with Gasteiger partial charge in [-0.15, -0.1) is 0 Å². The van der Waals surface area contributed by atoms with Crippen molar-refractivity contribution in [2.75, 3.05) is 44.2 Å². The number of anilines is 1. The van der Waals surface area contributed by atoms with Crippen molar-refractivity contribution in [2.45, 2.75) is 46.6 Å². The molecule has 1 atom stereocenters. The van der Waals surface area contributed by atoms with Crippen molar-refractivity contribution < 1.29 is 4.79 Å². The molecular weight excluding hydrogens is 310 g/mol. The summed E-state index contributed by atoms with van der Waals surface area (Å²) in [5.41, 5.74) is 4.08. The van der Waals surface area contributed by atoms with E-state index in [1.807, 2.05) is 0 Å². The third kappa shape index (κ3) is 4.00. The number of hydrogen-bond acceptors (Lipinski definition) is 3. The smallest absolute Gasteiger partial charge is 0.239 e. The monoisotopic (exact) mass is 343 g/mol. The molecule has 0 bridgehead atoms. The Morgan fingerprint density at radius 3 is 2.32 bits per heavy atom. The molecule has 4 heteroatoms. The number of carbonyl (C=O) groups is 1. The Morgan fingerprint density at radius 2 is 1.68 bits per heavy atom. The number of hydrogen-bond donors (Lipinski definition) is 0. The maximum atomic E-state index is 12.8. The predicted octanol–water partition coefficient (Wildman–Crippen LogP) is 3.07. The van der Waals surface area contributed by atoms with E-state index in [4.69, 9.17) is 0 Å². The first-order chi connectivity index (χ1) is 12.0. The molecule has 2 aliphatic rings. The fourth-order valence-corrected chi connectivity index (χ4v) is 4.08. The minimum Gasteiger partial charge on any atom is -0.369 e. The maximum Gasteiger partial charge on any atom is 0.239 e. The fraction of sp³-hybridized carbons (Fsp3) is 0.667. The van der Waals surface area contributed by atoms with Crippen LogP contribution in [0.25, 0.3) is 0 Å². The molecule has 2 fully saturated rings. The maximum absolute atomic E-state index is 12.8. The molecule has 2 saturated heterocycles. The number of aryl methyl sites for hydroxylation is 1. The van der Waals surface area contributed by atoms with Crippen LogP contribution in [0.5, 0.6) is 0 Å². The Balaban J connectivity index is 1.56. The topological polar surface area (TPSA) is 26.8 Å².